The lowest BCUT2D eigenvalue weighted by molar-refractivity contribution is -0.137. The summed E-state index contributed by atoms with van der Waals surface area (Å²) in [5, 5.41) is 4.51. The SMILES string of the molecule is O=S(=O)(c1ccc(C(F)(F)F)cc1)N1CCN(Cc2nc(-c3cccc(Cl)c3)no2)CC1. The number of hydrogen-bond donors (Lipinski definition) is 0. The summed E-state index contributed by atoms with van der Waals surface area (Å²) >= 11 is 5.98. The van der Waals surface area contributed by atoms with Crippen molar-refractivity contribution < 1.29 is 26.1 Å². The Hall–Kier alpha value is -2.47. The summed E-state index contributed by atoms with van der Waals surface area (Å²) in [6.45, 7) is 1.56. The van der Waals surface area contributed by atoms with Crippen LogP contribution in [-0.2, 0) is 22.7 Å². The first-order chi connectivity index (χ1) is 15.1. The molecule has 0 atom stereocenters. The number of sulfonamides is 1. The van der Waals surface area contributed by atoms with Crippen molar-refractivity contribution in [3.05, 3.63) is 65.0 Å². The maximum absolute atomic E-state index is 12.8. The summed E-state index contributed by atoms with van der Waals surface area (Å²) in [4.78, 5) is 6.16. The van der Waals surface area contributed by atoms with Crippen LogP contribution in [0.2, 0.25) is 5.02 Å². The molecule has 1 aromatic heterocycles. The van der Waals surface area contributed by atoms with Gasteiger partial charge in [-0.2, -0.15) is 22.5 Å². The van der Waals surface area contributed by atoms with Gasteiger partial charge in [0.25, 0.3) is 0 Å². The first-order valence-electron chi connectivity index (χ1n) is 9.61. The number of piperazine rings is 1. The second-order valence-electron chi connectivity index (χ2n) is 7.22. The summed E-state index contributed by atoms with van der Waals surface area (Å²) in [5.74, 6) is 0.796. The first kappa shape index (κ1) is 22.7. The second-order valence-corrected chi connectivity index (χ2v) is 9.60. The Balaban J connectivity index is 1.37. The molecule has 0 bridgehead atoms. The zero-order valence-electron chi connectivity index (χ0n) is 16.6. The number of benzene rings is 2. The van der Waals surface area contributed by atoms with E-state index < -0.39 is 21.8 Å². The van der Waals surface area contributed by atoms with Crippen molar-refractivity contribution >= 4 is 21.6 Å². The van der Waals surface area contributed by atoms with Crippen molar-refractivity contribution in [2.24, 2.45) is 0 Å². The Bertz CT molecular complexity index is 1190. The minimum atomic E-state index is -4.52. The zero-order chi connectivity index (χ0) is 22.9. The van der Waals surface area contributed by atoms with Crippen LogP contribution in [0.25, 0.3) is 11.4 Å². The summed E-state index contributed by atoms with van der Waals surface area (Å²) < 4.78 is 70.3. The topological polar surface area (TPSA) is 79.5 Å². The molecular formula is C20H18ClF3N4O3S. The predicted octanol–water partition coefficient (Wildman–Crippen LogP) is 3.92. The number of alkyl halides is 3. The molecule has 0 radical (unpaired) electrons. The third-order valence-corrected chi connectivity index (χ3v) is 7.21. The lowest BCUT2D eigenvalue weighted by atomic mass is 10.2. The smallest absolute Gasteiger partial charge is 0.338 e. The molecule has 7 nitrogen and oxygen atoms in total. The van der Waals surface area contributed by atoms with E-state index in [1.54, 1.807) is 18.2 Å². The quantitative estimate of drug-likeness (QED) is 0.544. The maximum Gasteiger partial charge on any atom is 0.416 e. The van der Waals surface area contributed by atoms with E-state index >= 15 is 0 Å². The minimum absolute atomic E-state index is 0.165. The van der Waals surface area contributed by atoms with Gasteiger partial charge in [-0.25, -0.2) is 8.42 Å². The summed E-state index contributed by atoms with van der Waals surface area (Å²) in [6.07, 6.45) is -4.52. The van der Waals surface area contributed by atoms with Crippen molar-refractivity contribution in [2.45, 2.75) is 17.6 Å². The van der Waals surface area contributed by atoms with Crippen LogP contribution in [0.15, 0.2) is 57.9 Å². The van der Waals surface area contributed by atoms with E-state index in [0.29, 0.717) is 36.4 Å². The molecular weight excluding hydrogens is 469 g/mol. The molecule has 2 aromatic carbocycles. The normalized spacial score (nSPS) is 16.4. The molecule has 0 N–H and O–H groups in total. The van der Waals surface area contributed by atoms with Gasteiger partial charge in [-0.15, -0.1) is 0 Å². The Kier molecular flexibility index (Phi) is 6.26. The molecule has 0 aliphatic carbocycles. The van der Waals surface area contributed by atoms with Gasteiger partial charge in [-0.1, -0.05) is 28.9 Å². The highest BCUT2D eigenvalue weighted by Gasteiger charge is 2.32. The van der Waals surface area contributed by atoms with Crippen molar-refractivity contribution in [3.63, 3.8) is 0 Å². The minimum Gasteiger partial charge on any atom is -0.338 e. The molecule has 1 aliphatic heterocycles. The molecule has 0 amide bonds. The van der Waals surface area contributed by atoms with Crippen LogP contribution in [0, 0.1) is 0 Å². The fourth-order valence-electron chi connectivity index (χ4n) is 3.35. The molecule has 32 heavy (non-hydrogen) atoms. The van der Waals surface area contributed by atoms with Crippen molar-refractivity contribution in [3.8, 4) is 11.4 Å². The molecule has 4 rings (SSSR count). The molecule has 0 unspecified atom stereocenters. The monoisotopic (exact) mass is 486 g/mol. The van der Waals surface area contributed by atoms with Crippen LogP contribution in [0.4, 0.5) is 13.2 Å². The van der Waals surface area contributed by atoms with E-state index in [-0.39, 0.29) is 18.0 Å². The molecule has 2 heterocycles. The molecule has 12 heteroatoms. The Morgan fingerprint density at radius 2 is 1.72 bits per heavy atom. The zero-order valence-corrected chi connectivity index (χ0v) is 18.2. The van der Waals surface area contributed by atoms with Crippen LogP contribution in [0.5, 0.6) is 0 Å². The number of rotatable bonds is 5. The van der Waals surface area contributed by atoms with Gasteiger partial charge >= 0.3 is 6.18 Å². The molecule has 0 saturated carbocycles. The first-order valence-corrected chi connectivity index (χ1v) is 11.4. The van der Waals surface area contributed by atoms with Gasteiger partial charge in [0.05, 0.1) is 17.0 Å². The van der Waals surface area contributed by atoms with Gasteiger partial charge in [-0.05, 0) is 36.4 Å². The summed E-state index contributed by atoms with van der Waals surface area (Å²) in [6, 6.07) is 10.6. The van der Waals surface area contributed by atoms with Crippen LogP contribution < -0.4 is 0 Å². The van der Waals surface area contributed by atoms with Crippen LogP contribution in [-0.4, -0.2) is 53.9 Å². The average molecular weight is 487 g/mol. The summed E-state index contributed by atoms with van der Waals surface area (Å²) in [7, 11) is -3.88. The van der Waals surface area contributed by atoms with E-state index in [1.807, 2.05) is 11.0 Å². The molecule has 170 valence electrons. The van der Waals surface area contributed by atoms with Crippen LogP contribution in [0.3, 0.4) is 0 Å². The lowest BCUT2D eigenvalue weighted by Gasteiger charge is -2.33. The third kappa shape index (κ3) is 4.96. The van der Waals surface area contributed by atoms with Gasteiger partial charge in [0.2, 0.25) is 21.7 Å². The number of halogens is 4. The molecule has 0 spiro atoms. The maximum atomic E-state index is 12.8. The number of nitrogens with zero attached hydrogens (tertiary/aromatic N) is 4. The van der Waals surface area contributed by atoms with Gasteiger partial charge in [0.1, 0.15) is 0 Å². The number of aromatic nitrogens is 2. The largest absolute Gasteiger partial charge is 0.416 e. The molecule has 1 saturated heterocycles. The van der Waals surface area contributed by atoms with Crippen molar-refractivity contribution in [1.82, 2.24) is 19.3 Å². The standard InChI is InChI=1S/C20H18ClF3N4O3S/c21-16-3-1-2-14(12-16)19-25-18(31-26-19)13-27-8-10-28(11-9-27)32(29,30)17-6-4-15(5-7-17)20(22,23)24/h1-7,12H,8-11,13H2. The lowest BCUT2D eigenvalue weighted by Crippen LogP contribution is -2.48. The van der Waals surface area contributed by atoms with Gasteiger partial charge in [0.15, 0.2) is 0 Å². The molecule has 3 aromatic rings. The van der Waals surface area contributed by atoms with Gasteiger partial charge < -0.3 is 4.52 Å². The highest BCUT2D eigenvalue weighted by molar-refractivity contribution is 7.89. The fourth-order valence-corrected chi connectivity index (χ4v) is 4.96. The van der Waals surface area contributed by atoms with Gasteiger partial charge in [0, 0.05) is 36.8 Å². The Labute approximate surface area is 187 Å². The van der Waals surface area contributed by atoms with E-state index in [4.69, 9.17) is 16.1 Å². The Morgan fingerprint density at radius 1 is 1.03 bits per heavy atom. The van der Waals surface area contributed by atoms with Crippen molar-refractivity contribution in [2.75, 3.05) is 26.2 Å². The van der Waals surface area contributed by atoms with Gasteiger partial charge in [-0.3, -0.25) is 4.90 Å². The van der Waals surface area contributed by atoms with E-state index in [0.717, 1.165) is 29.8 Å². The second kappa shape index (κ2) is 8.81. The third-order valence-electron chi connectivity index (χ3n) is 5.06. The molecule has 1 fully saturated rings. The number of hydrogen-bond acceptors (Lipinski definition) is 6. The Morgan fingerprint density at radius 3 is 2.34 bits per heavy atom. The van der Waals surface area contributed by atoms with Crippen LogP contribution in [0.1, 0.15) is 11.5 Å². The van der Waals surface area contributed by atoms with E-state index in [1.165, 1.54) is 4.31 Å². The highest BCUT2D eigenvalue weighted by Crippen LogP contribution is 2.30. The van der Waals surface area contributed by atoms with Crippen LogP contribution >= 0.6 is 11.6 Å². The van der Waals surface area contributed by atoms with Crippen molar-refractivity contribution in [1.29, 1.82) is 0 Å². The fraction of sp³-hybridized carbons (Fsp3) is 0.300. The highest BCUT2D eigenvalue weighted by atomic mass is 35.5. The van der Waals surface area contributed by atoms with E-state index in [2.05, 4.69) is 10.1 Å². The summed E-state index contributed by atoms with van der Waals surface area (Å²) in [5.41, 5.74) is -0.169. The van der Waals surface area contributed by atoms with E-state index in [9.17, 15) is 21.6 Å². The predicted molar refractivity (Wildman–Crippen MR) is 110 cm³/mol. The average Bonchev–Trinajstić information content (AvgIpc) is 3.22. The molecule has 1 aliphatic rings.